The molecule has 0 aliphatic carbocycles. The SMILES string of the molecule is CCCc1cc2c(c(=O)n1CCOC)C(c1ccccc1)C(C(=O)OCC)=C(N)O2. The minimum absolute atomic E-state index is 0.0358. The molecule has 30 heavy (non-hydrogen) atoms. The van der Waals surface area contributed by atoms with E-state index in [-0.39, 0.29) is 23.6 Å². The van der Waals surface area contributed by atoms with Crippen molar-refractivity contribution in [1.29, 1.82) is 0 Å². The summed E-state index contributed by atoms with van der Waals surface area (Å²) in [5, 5.41) is 0. The molecule has 1 aliphatic heterocycles. The van der Waals surface area contributed by atoms with Crippen LogP contribution in [0.5, 0.6) is 5.75 Å². The molecule has 3 rings (SSSR count). The predicted molar refractivity (Wildman–Crippen MR) is 113 cm³/mol. The van der Waals surface area contributed by atoms with Crippen LogP contribution in [0.25, 0.3) is 0 Å². The van der Waals surface area contributed by atoms with Crippen molar-refractivity contribution in [3.8, 4) is 5.75 Å². The molecule has 1 atom stereocenters. The lowest BCUT2D eigenvalue weighted by molar-refractivity contribution is -0.139. The van der Waals surface area contributed by atoms with Crippen molar-refractivity contribution in [1.82, 2.24) is 4.57 Å². The van der Waals surface area contributed by atoms with Gasteiger partial charge in [0.25, 0.3) is 5.56 Å². The van der Waals surface area contributed by atoms with Crippen molar-refractivity contribution in [3.63, 3.8) is 0 Å². The number of hydrogen-bond donors (Lipinski definition) is 1. The van der Waals surface area contributed by atoms with Crippen molar-refractivity contribution in [2.45, 2.75) is 39.2 Å². The number of methoxy groups -OCH3 is 1. The third kappa shape index (κ3) is 4.11. The van der Waals surface area contributed by atoms with Gasteiger partial charge in [0, 0.05) is 25.4 Å². The van der Waals surface area contributed by atoms with Crippen LogP contribution in [0.1, 0.15) is 43.0 Å². The monoisotopic (exact) mass is 412 g/mol. The highest BCUT2D eigenvalue weighted by Gasteiger charge is 2.38. The first-order chi connectivity index (χ1) is 14.5. The average Bonchev–Trinajstić information content (AvgIpc) is 2.73. The van der Waals surface area contributed by atoms with Gasteiger partial charge in [0.15, 0.2) is 0 Å². The Hall–Kier alpha value is -3.06. The van der Waals surface area contributed by atoms with Crippen LogP contribution in [0.3, 0.4) is 0 Å². The Kier molecular flexibility index (Phi) is 6.95. The van der Waals surface area contributed by atoms with E-state index in [0.717, 1.165) is 17.7 Å². The molecule has 1 aromatic carbocycles. The average molecular weight is 412 g/mol. The van der Waals surface area contributed by atoms with Gasteiger partial charge in [-0.2, -0.15) is 0 Å². The number of ether oxygens (including phenoxy) is 3. The molecule has 0 fully saturated rings. The van der Waals surface area contributed by atoms with Crippen molar-refractivity contribution in [3.05, 3.63) is 75.0 Å². The second kappa shape index (κ2) is 9.63. The van der Waals surface area contributed by atoms with Gasteiger partial charge in [-0.1, -0.05) is 43.7 Å². The molecule has 160 valence electrons. The summed E-state index contributed by atoms with van der Waals surface area (Å²) in [5.41, 5.74) is 8.11. The number of rotatable bonds is 8. The molecule has 0 saturated heterocycles. The number of carbonyl (C=O) groups is 1. The topological polar surface area (TPSA) is 92.8 Å². The number of hydrogen-bond acceptors (Lipinski definition) is 6. The van der Waals surface area contributed by atoms with E-state index < -0.39 is 11.9 Å². The van der Waals surface area contributed by atoms with Gasteiger partial charge < -0.3 is 24.5 Å². The van der Waals surface area contributed by atoms with Crippen LogP contribution in [0.15, 0.2) is 52.6 Å². The van der Waals surface area contributed by atoms with Gasteiger partial charge in [-0.15, -0.1) is 0 Å². The highest BCUT2D eigenvalue weighted by molar-refractivity contribution is 5.92. The maximum absolute atomic E-state index is 13.6. The normalized spacial score (nSPS) is 15.5. The molecule has 0 spiro atoms. The molecule has 0 saturated carbocycles. The van der Waals surface area contributed by atoms with Crippen molar-refractivity contribution < 1.29 is 19.0 Å². The Morgan fingerprint density at radius 3 is 2.60 bits per heavy atom. The lowest BCUT2D eigenvalue weighted by Gasteiger charge is -2.29. The van der Waals surface area contributed by atoms with E-state index in [0.29, 0.717) is 30.9 Å². The quantitative estimate of drug-likeness (QED) is 0.670. The van der Waals surface area contributed by atoms with E-state index in [9.17, 15) is 9.59 Å². The standard InChI is InChI=1S/C23H28N2O5/c1-4-9-16-14-17-19(22(26)25(16)12-13-28-3)18(15-10-7-6-8-11-15)20(21(24)30-17)23(27)29-5-2/h6-8,10-11,14,18H,4-5,9,12-13,24H2,1-3H3. The first-order valence-electron chi connectivity index (χ1n) is 10.2. The van der Waals surface area contributed by atoms with Gasteiger partial charge in [-0.25, -0.2) is 4.79 Å². The summed E-state index contributed by atoms with van der Waals surface area (Å²) in [6.07, 6.45) is 1.58. The molecule has 0 bridgehead atoms. The summed E-state index contributed by atoms with van der Waals surface area (Å²) in [6, 6.07) is 11.2. The lowest BCUT2D eigenvalue weighted by Crippen LogP contribution is -2.36. The fraction of sp³-hybridized carbons (Fsp3) is 0.391. The largest absolute Gasteiger partial charge is 0.462 e. The summed E-state index contributed by atoms with van der Waals surface area (Å²) in [4.78, 5) is 26.4. The van der Waals surface area contributed by atoms with Crippen molar-refractivity contribution >= 4 is 5.97 Å². The maximum atomic E-state index is 13.6. The zero-order valence-corrected chi connectivity index (χ0v) is 17.6. The van der Waals surface area contributed by atoms with Crippen LogP contribution >= 0.6 is 0 Å². The summed E-state index contributed by atoms with van der Waals surface area (Å²) >= 11 is 0. The molecule has 0 radical (unpaired) electrons. The predicted octanol–water partition coefficient (Wildman–Crippen LogP) is 2.70. The number of pyridine rings is 1. The maximum Gasteiger partial charge on any atom is 0.340 e. The van der Waals surface area contributed by atoms with E-state index in [1.165, 1.54) is 0 Å². The second-order valence-electron chi connectivity index (χ2n) is 7.06. The van der Waals surface area contributed by atoms with Crippen LogP contribution < -0.4 is 16.0 Å². The Morgan fingerprint density at radius 1 is 1.23 bits per heavy atom. The molecule has 7 heteroatoms. The molecule has 1 aromatic heterocycles. The number of aromatic nitrogens is 1. The summed E-state index contributed by atoms with van der Waals surface area (Å²) in [5.74, 6) is -0.913. The number of carbonyl (C=O) groups excluding carboxylic acids is 1. The lowest BCUT2D eigenvalue weighted by atomic mass is 9.83. The van der Waals surface area contributed by atoms with Crippen LogP contribution in [-0.4, -0.2) is 30.9 Å². The third-order valence-electron chi connectivity index (χ3n) is 5.10. The number of benzene rings is 1. The summed E-state index contributed by atoms with van der Waals surface area (Å²) in [7, 11) is 1.60. The zero-order valence-electron chi connectivity index (χ0n) is 17.6. The van der Waals surface area contributed by atoms with E-state index in [4.69, 9.17) is 19.9 Å². The molecule has 7 nitrogen and oxygen atoms in total. The van der Waals surface area contributed by atoms with E-state index in [2.05, 4.69) is 0 Å². The van der Waals surface area contributed by atoms with Crippen molar-refractivity contribution in [2.75, 3.05) is 20.3 Å². The highest BCUT2D eigenvalue weighted by atomic mass is 16.5. The molecular formula is C23H28N2O5. The molecule has 1 unspecified atom stereocenters. The van der Waals surface area contributed by atoms with Crippen molar-refractivity contribution in [2.24, 2.45) is 5.73 Å². The third-order valence-corrected chi connectivity index (χ3v) is 5.10. The Balaban J connectivity index is 2.27. The fourth-order valence-corrected chi connectivity index (χ4v) is 3.80. The first-order valence-corrected chi connectivity index (χ1v) is 10.2. The number of esters is 1. The number of nitrogens with zero attached hydrogens (tertiary/aromatic N) is 1. The molecule has 2 aromatic rings. The zero-order chi connectivity index (χ0) is 21.7. The molecule has 0 amide bonds. The van der Waals surface area contributed by atoms with E-state index >= 15 is 0 Å². The van der Waals surface area contributed by atoms with Crippen LogP contribution in [0.4, 0.5) is 0 Å². The molecule has 1 aliphatic rings. The molecular weight excluding hydrogens is 384 g/mol. The summed E-state index contributed by atoms with van der Waals surface area (Å²) < 4.78 is 17.9. The number of fused-ring (bicyclic) bond motifs is 1. The van der Waals surface area contributed by atoms with Gasteiger partial charge in [0.05, 0.1) is 24.7 Å². The van der Waals surface area contributed by atoms with Crippen LogP contribution in [-0.2, 0) is 27.2 Å². The van der Waals surface area contributed by atoms with E-state index in [1.807, 2.05) is 43.3 Å². The number of nitrogens with two attached hydrogens (primary N) is 1. The van der Waals surface area contributed by atoms with Gasteiger partial charge in [-0.05, 0) is 18.9 Å². The van der Waals surface area contributed by atoms with Crippen LogP contribution in [0, 0.1) is 0 Å². The van der Waals surface area contributed by atoms with Gasteiger partial charge in [-0.3, -0.25) is 4.79 Å². The highest BCUT2D eigenvalue weighted by Crippen LogP contribution is 2.41. The fourth-order valence-electron chi connectivity index (χ4n) is 3.80. The minimum atomic E-state index is -0.675. The van der Waals surface area contributed by atoms with Gasteiger partial charge >= 0.3 is 5.97 Å². The Morgan fingerprint density at radius 2 is 1.97 bits per heavy atom. The molecule has 2 N–H and O–H groups in total. The second-order valence-corrected chi connectivity index (χ2v) is 7.06. The molecule has 2 heterocycles. The number of aryl methyl sites for hydroxylation is 1. The Labute approximate surface area is 176 Å². The van der Waals surface area contributed by atoms with Gasteiger partial charge in [0.1, 0.15) is 11.3 Å². The minimum Gasteiger partial charge on any atom is -0.462 e. The first kappa shape index (κ1) is 21.6. The smallest absolute Gasteiger partial charge is 0.340 e. The van der Waals surface area contributed by atoms with E-state index in [1.54, 1.807) is 18.6 Å². The Bertz CT molecular complexity index is 995. The summed E-state index contributed by atoms with van der Waals surface area (Å²) in [6.45, 7) is 4.77. The van der Waals surface area contributed by atoms with Crippen LogP contribution in [0.2, 0.25) is 0 Å². The van der Waals surface area contributed by atoms with Gasteiger partial charge in [0.2, 0.25) is 5.88 Å².